The van der Waals surface area contributed by atoms with Gasteiger partial charge in [-0.25, -0.2) is 0 Å². The summed E-state index contributed by atoms with van der Waals surface area (Å²) in [5.41, 5.74) is 0.566. The Morgan fingerprint density at radius 1 is 1.35 bits per heavy atom. The zero-order chi connectivity index (χ0) is 16.8. The van der Waals surface area contributed by atoms with Gasteiger partial charge in [-0.3, -0.25) is 14.9 Å². The molecule has 0 saturated heterocycles. The Balaban J connectivity index is 2.10. The second-order valence-corrected chi connectivity index (χ2v) is 5.86. The van der Waals surface area contributed by atoms with Crippen LogP contribution in [0.1, 0.15) is 38.2 Å². The maximum Gasteiger partial charge on any atom is 0.269 e. The van der Waals surface area contributed by atoms with Crippen molar-refractivity contribution >= 4 is 17.7 Å². The monoisotopic (exact) mass is 313 g/mol. The average molecular weight is 313 g/mol. The van der Waals surface area contributed by atoms with Gasteiger partial charge in [-0.15, -0.1) is 0 Å². The van der Waals surface area contributed by atoms with Crippen molar-refractivity contribution in [2.75, 3.05) is 0 Å². The maximum absolute atomic E-state index is 12.3. The van der Waals surface area contributed by atoms with Crippen molar-refractivity contribution in [1.29, 1.82) is 5.26 Å². The molecular formula is C17H19N3O3. The van der Waals surface area contributed by atoms with Crippen LogP contribution >= 0.6 is 0 Å². The van der Waals surface area contributed by atoms with Gasteiger partial charge >= 0.3 is 0 Å². The standard InChI is InChI=1S/C17H19N3O3/c1-12-4-2-3-5-16(12)19-17(21)14(11-18)10-13-6-8-15(9-7-13)20(22)23/h6-10,12,16H,2-5H2,1H3,(H,19,21)/b14-10+/t12-,16-/m1/s1. The van der Waals surface area contributed by atoms with Gasteiger partial charge in [0.25, 0.3) is 11.6 Å². The van der Waals surface area contributed by atoms with Crippen LogP contribution in [0, 0.1) is 27.4 Å². The molecule has 0 radical (unpaired) electrons. The van der Waals surface area contributed by atoms with Crippen molar-refractivity contribution < 1.29 is 9.72 Å². The van der Waals surface area contributed by atoms with Gasteiger partial charge in [0, 0.05) is 18.2 Å². The molecule has 6 nitrogen and oxygen atoms in total. The molecule has 0 bridgehead atoms. The lowest BCUT2D eigenvalue weighted by Crippen LogP contribution is -2.41. The molecule has 0 unspecified atom stereocenters. The van der Waals surface area contributed by atoms with E-state index in [0.717, 1.165) is 19.3 Å². The first-order chi connectivity index (χ1) is 11.0. The third kappa shape index (κ3) is 4.39. The van der Waals surface area contributed by atoms with Crippen LogP contribution in [0.2, 0.25) is 0 Å². The summed E-state index contributed by atoms with van der Waals surface area (Å²) in [6.45, 7) is 2.11. The zero-order valence-electron chi connectivity index (χ0n) is 13.0. The molecule has 1 amide bonds. The van der Waals surface area contributed by atoms with E-state index < -0.39 is 4.92 Å². The summed E-state index contributed by atoms with van der Waals surface area (Å²) >= 11 is 0. The number of rotatable bonds is 4. The molecular weight excluding hydrogens is 294 g/mol. The second-order valence-electron chi connectivity index (χ2n) is 5.86. The summed E-state index contributed by atoms with van der Waals surface area (Å²) in [5.74, 6) is 0.0246. The van der Waals surface area contributed by atoms with Gasteiger partial charge in [0.05, 0.1) is 4.92 Å². The minimum Gasteiger partial charge on any atom is -0.348 e. The first kappa shape index (κ1) is 16.7. The smallest absolute Gasteiger partial charge is 0.269 e. The van der Waals surface area contributed by atoms with Crippen LogP contribution in [-0.4, -0.2) is 16.9 Å². The highest BCUT2D eigenvalue weighted by atomic mass is 16.6. The van der Waals surface area contributed by atoms with E-state index in [9.17, 15) is 20.2 Å². The maximum atomic E-state index is 12.3. The Bertz CT molecular complexity index is 659. The van der Waals surface area contributed by atoms with E-state index in [4.69, 9.17) is 0 Å². The summed E-state index contributed by atoms with van der Waals surface area (Å²) in [6, 6.07) is 7.75. The van der Waals surface area contributed by atoms with Crippen LogP contribution in [0.3, 0.4) is 0 Å². The molecule has 2 rings (SSSR count). The molecule has 1 aromatic carbocycles. The predicted octanol–water partition coefficient (Wildman–Crippen LogP) is 3.20. The lowest BCUT2D eigenvalue weighted by Gasteiger charge is -2.29. The minimum atomic E-state index is -0.490. The highest BCUT2D eigenvalue weighted by Gasteiger charge is 2.24. The van der Waals surface area contributed by atoms with E-state index in [1.165, 1.54) is 36.8 Å². The fourth-order valence-corrected chi connectivity index (χ4v) is 2.78. The van der Waals surface area contributed by atoms with Gasteiger partial charge in [0.15, 0.2) is 0 Å². The van der Waals surface area contributed by atoms with Crippen LogP contribution in [0.25, 0.3) is 6.08 Å². The largest absolute Gasteiger partial charge is 0.348 e. The van der Waals surface area contributed by atoms with Gasteiger partial charge < -0.3 is 5.32 Å². The van der Waals surface area contributed by atoms with Crippen molar-refractivity contribution in [3.63, 3.8) is 0 Å². The second kappa shape index (κ2) is 7.54. The summed E-state index contributed by atoms with van der Waals surface area (Å²) in [5, 5.41) is 22.8. The van der Waals surface area contributed by atoms with Crippen LogP contribution < -0.4 is 5.32 Å². The molecule has 6 heteroatoms. The van der Waals surface area contributed by atoms with E-state index in [-0.39, 0.29) is 23.2 Å². The Labute approximate surface area is 135 Å². The molecule has 23 heavy (non-hydrogen) atoms. The molecule has 1 fully saturated rings. The van der Waals surface area contributed by atoms with E-state index in [1.807, 2.05) is 6.07 Å². The molecule has 1 saturated carbocycles. The van der Waals surface area contributed by atoms with Crippen molar-refractivity contribution in [3.8, 4) is 6.07 Å². The first-order valence-electron chi connectivity index (χ1n) is 7.68. The summed E-state index contributed by atoms with van der Waals surface area (Å²) < 4.78 is 0. The third-order valence-corrected chi connectivity index (χ3v) is 4.21. The number of amides is 1. The van der Waals surface area contributed by atoms with Crippen molar-refractivity contribution in [3.05, 3.63) is 45.5 Å². The van der Waals surface area contributed by atoms with E-state index in [0.29, 0.717) is 11.5 Å². The quantitative estimate of drug-likeness (QED) is 0.399. The Morgan fingerprint density at radius 3 is 2.57 bits per heavy atom. The molecule has 1 aliphatic carbocycles. The van der Waals surface area contributed by atoms with Crippen LogP contribution in [0.15, 0.2) is 29.8 Å². The normalized spacial score (nSPS) is 21.3. The van der Waals surface area contributed by atoms with Crippen LogP contribution in [0.4, 0.5) is 5.69 Å². The van der Waals surface area contributed by atoms with E-state index in [2.05, 4.69) is 12.2 Å². The number of nitro benzene ring substituents is 1. The predicted molar refractivity (Wildman–Crippen MR) is 86.2 cm³/mol. The third-order valence-electron chi connectivity index (χ3n) is 4.21. The Kier molecular flexibility index (Phi) is 5.47. The van der Waals surface area contributed by atoms with Gasteiger partial charge in [-0.05, 0) is 42.5 Å². The molecule has 0 heterocycles. The topological polar surface area (TPSA) is 96.0 Å². The number of non-ortho nitro benzene ring substituents is 1. The lowest BCUT2D eigenvalue weighted by atomic mass is 9.86. The zero-order valence-corrected chi connectivity index (χ0v) is 13.0. The first-order valence-corrected chi connectivity index (χ1v) is 7.68. The minimum absolute atomic E-state index is 0.0108. The van der Waals surface area contributed by atoms with Crippen LogP contribution in [0.5, 0.6) is 0 Å². The molecule has 1 aliphatic rings. The van der Waals surface area contributed by atoms with Gasteiger partial charge in [-0.2, -0.15) is 5.26 Å². The highest BCUT2D eigenvalue weighted by Crippen LogP contribution is 2.24. The molecule has 120 valence electrons. The summed E-state index contributed by atoms with van der Waals surface area (Å²) in [7, 11) is 0. The summed E-state index contributed by atoms with van der Waals surface area (Å²) in [6.07, 6.45) is 5.73. The number of benzene rings is 1. The SMILES string of the molecule is C[C@@H]1CCCC[C@H]1NC(=O)/C(C#N)=C/c1ccc([N+](=O)[O-])cc1. The molecule has 0 aromatic heterocycles. The van der Waals surface area contributed by atoms with Crippen molar-refractivity contribution in [1.82, 2.24) is 5.32 Å². The molecule has 0 spiro atoms. The number of carbonyl (C=O) groups is 1. The molecule has 0 aliphatic heterocycles. The number of nitriles is 1. The van der Waals surface area contributed by atoms with Gasteiger partial charge in [0.1, 0.15) is 11.6 Å². The molecule has 1 aromatic rings. The number of hydrogen-bond donors (Lipinski definition) is 1. The fourth-order valence-electron chi connectivity index (χ4n) is 2.78. The fraction of sp³-hybridized carbons (Fsp3) is 0.412. The average Bonchev–Trinajstić information content (AvgIpc) is 2.55. The van der Waals surface area contributed by atoms with Gasteiger partial charge in [0.2, 0.25) is 0 Å². The molecule has 1 N–H and O–H groups in total. The van der Waals surface area contributed by atoms with E-state index >= 15 is 0 Å². The number of nitrogens with one attached hydrogen (secondary N) is 1. The lowest BCUT2D eigenvalue weighted by molar-refractivity contribution is -0.384. The van der Waals surface area contributed by atoms with Crippen LogP contribution in [-0.2, 0) is 4.79 Å². The Hall–Kier alpha value is -2.68. The van der Waals surface area contributed by atoms with Crippen molar-refractivity contribution in [2.45, 2.75) is 38.6 Å². The molecule has 2 atom stereocenters. The summed E-state index contributed by atoms with van der Waals surface area (Å²) in [4.78, 5) is 22.4. The number of hydrogen-bond acceptors (Lipinski definition) is 4. The number of nitro groups is 1. The van der Waals surface area contributed by atoms with Crippen molar-refractivity contribution in [2.24, 2.45) is 5.92 Å². The highest BCUT2D eigenvalue weighted by molar-refractivity contribution is 6.01. The Morgan fingerprint density at radius 2 is 2.00 bits per heavy atom. The number of nitrogens with zero attached hydrogens (tertiary/aromatic N) is 2. The van der Waals surface area contributed by atoms with Gasteiger partial charge in [-0.1, -0.05) is 19.8 Å². The number of carbonyl (C=O) groups excluding carboxylic acids is 1. The van der Waals surface area contributed by atoms with E-state index in [1.54, 1.807) is 0 Å².